The van der Waals surface area contributed by atoms with Gasteiger partial charge >= 0.3 is 5.97 Å². The maximum atomic E-state index is 12.3. The van der Waals surface area contributed by atoms with Crippen LogP contribution < -0.4 is 14.8 Å². The standard InChI is InChI=1S/C12H10BrF2NO5/c13-6-1-5(2-8-10(6)21-4-20-8)11(17)16-7(12(18)19)3-9(14)15/h1-2,7,9H,3-4H2,(H,16,17)(H,18,19). The summed E-state index contributed by atoms with van der Waals surface area (Å²) in [4.78, 5) is 22.8. The molecule has 0 bridgehead atoms. The van der Waals surface area contributed by atoms with Crippen molar-refractivity contribution in [2.75, 3.05) is 6.79 Å². The number of halogens is 3. The summed E-state index contributed by atoms with van der Waals surface area (Å²) in [5, 5.41) is 10.9. The van der Waals surface area contributed by atoms with Crippen molar-refractivity contribution in [1.29, 1.82) is 0 Å². The number of carbonyl (C=O) groups is 2. The number of carboxylic acid groups (broad SMARTS) is 1. The molecule has 1 heterocycles. The van der Waals surface area contributed by atoms with Gasteiger partial charge in [0.1, 0.15) is 6.04 Å². The van der Waals surface area contributed by atoms with Crippen molar-refractivity contribution in [3.63, 3.8) is 0 Å². The molecule has 0 saturated carbocycles. The molecule has 1 aromatic rings. The lowest BCUT2D eigenvalue weighted by molar-refractivity contribution is -0.140. The number of alkyl halides is 2. The van der Waals surface area contributed by atoms with Crippen LogP contribution in [-0.4, -0.2) is 36.2 Å². The van der Waals surface area contributed by atoms with Crippen molar-refractivity contribution in [2.24, 2.45) is 0 Å². The first-order valence-corrected chi connectivity index (χ1v) is 6.58. The van der Waals surface area contributed by atoms with Gasteiger partial charge in [-0.3, -0.25) is 4.79 Å². The van der Waals surface area contributed by atoms with E-state index in [-0.39, 0.29) is 12.4 Å². The van der Waals surface area contributed by atoms with Crippen LogP contribution in [0.3, 0.4) is 0 Å². The zero-order chi connectivity index (χ0) is 15.6. The summed E-state index contributed by atoms with van der Waals surface area (Å²) in [6.07, 6.45) is -3.80. The molecule has 1 aliphatic heterocycles. The van der Waals surface area contributed by atoms with Crippen molar-refractivity contribution in [1.82, 2.24) is 5.32 Å². The summed E-state index contributed by atoms with van der Waals surface area (Å²) >= 11 is 3.18. The molecular weight excluding hydrogens is 356 g/mol. The lowest BCUT2D eigenvalue weighted by Gasteiger charge is -2.14. The first kappa shape index (κ1) is 15.5. The van der Waals surface area contributed by atoms with Gasteiger partial charge in [-0.25, -0.2) is 13.6 Å². The quantitative estimate of drug-likeness (QED) is 0.833. The van der Waals surface area contributed by atoms with Crippen LogP contribution in [0.2, 0.25) is 0 Å². The van der Waals surface area contributed by atoms with Crippen molar-refractivity contribution >= 4 is 27.8 Å². The Morgan fingerprint density at radius 3 is 2.71 bits per heavy atom. The Kier molecular flexibility index (Phi) is 4.61. The second-order valence-electron chi connectivity index (χ2n) is 4.18. The summed E-state index contributed by atoms with van der Waals surface area (Å²) < 4.78 is 35.3. The lowest BCUT2D eigenvalue weighted by Crippen LogP contribution is -2.42. The van der Waals surface area contributed by atoms with Gasteiger partial charge in [-0.1, -0.05) is 0 Å². The average molecular weight is 366 g/mol. The van der Waals surface area contributed by atoms with Gasteiger partial charge in [0.15, 0.2) is 11.5 Å². The van der Waals surface area contributed by atoms with Crippen LogP contribution in [0, 0.1) is 0 Å². The van der Waals surface area contributed by atoms with E-state index in [2.05, 4.69) is 15.9 Å². The van der Waals surface area contributed by atoms with E-state index in [1.165, 1.54) is 12.1 Å². The molecule has 21 heavy (non-hydrogen) atoms. The summed E-state index contributed by atoms with van der Waals surface area (Å²) in [6, 6.07) is 1.08. The van der Waals surface area contributed by atoms with Crippen LogP contribution in [0.5, 0.6) is 11.5 Å². The Hall–Kier alpha value is -1.90. The number of nitrogens with one attached hydrogen (secondary N) is 1. The van der Waals surface area contributed by atoms with Gasteiger partial charge in [0, 0.05) is 12.0 Å². The summed E-state index contributed by atoms with van der Waals surface area (Å²) in [5.41, 5.74) is 0.0756. The Morgan fingerprint density at radius 2 is 2.10 bits per heavy atom. The first-order valence-electron chi connectivity index (χ1n) is 5.79. The van der Waals surface area contributed by atoms with Crippen LogP contribution in [-0.2, 0) is 4.79 Å². The minimum absolute atomic E-state index is 0.00212. The molecule has 2 N–H and O–H groups in total. The van der Waals surface area contributed by atoms with Gasteiger partial charge in [0.05, 0.1) is 4.47 Å². The van der Waals surface area contributed by atoms with E-state index in [0.717, 1.165) is 0 Å². The molecule has 0 spiro atoms. The molecule has 0 aliphatic carbocycles. The van der Waals surface area contributed by atoms with E-state index in [9.17, 15) is 18.4 Å². The second kappa shape index (κ2) is 6.25. The van der Waals surface area contributed by atoms with Crippen molar-refractivity contribution < 1.29 is 33.0 Å². The van der Waals surface area contributed by atoms with E-state index in [0.29, 0.717) is 16.0 Å². The SMILES string of the molecule is O=C(NC(CC(F)F)C(=O)O)c1cc(Br)c2c(c1)OCO2. The normalized spacial score (nSPS) is 14.1. The fraction of sp³-hybridized carbons (Fsp3) is 0.333. The fourth-order valence-electron chi connectivity index (χ4n) is 1.74. The highest BCUT2D eigenvalue weighted by atomic mass is 79.9. The van der Waals surface area contributed by atoms with Gasteiger partial charge in [-0.15, -0.1) is 0 Å². The van der Waals surface area contributed by atoms with Crippen LogP contribution in [0.15, 0.2) is 16.6 Å². The van der Waals surface area contributed by atoms with E-state index in [1.54, 1.807) is 0 Å². The highest BCUT2D eigenvalue weighted by molar-refractivity contribution is 9.10. The number of fused-ring (bicyclic) bond motifs is 1. The third-order valence-electron chi connectivity index (χ3n) is 2.71. The third kappa shape index (κ3) is 3.60. The Balaban J connectivity index is 2.16. The molecule has 0 saturated heterocycles. The number of amides is 1. The number of benzene rings is 1. The molecule has 0 aromatic heterocycles. The zero-order valence-electron chi connectivity index (χ0n) is 10.4. The molecule has 1 aliphatic rings. The van der Waals surface area contributed by atoms with Gasteiger partial charge in [0.25, 0.3) is 5.91 Å². The molecule has 114 valence electrons. The molecule has 9 heteroatoms. The summed E-state index contributed by atoms with van der Waals surface area (Å²) in [5.74, 6) is -1.57. The minimum atomic E-state index is -2.84. The minimum Gasteiger partial charge on any atom is -0.480 e. The molecular formula is C12H10BrF2NO5. The van der Waals surface area contributed by atoms with Gasteiger partial charge in [-0.2, -0.15) is 0 Å². The molecule has 1 amide bonds. The Bertz CT molecular complexity index is 581. The van der Waals surface area contributed by atoms with Crippen molar-refractivity contribution in [2.45, 2.75) is 18.9 Å². The number of aliphatic carboxylic acids is 1. The van der Waals surface area contributed by atoms with Crippen LogP contribution in [0.25, 0.3) is 0 Å². The largest absolute Gasteiger partial charge is 0.480 e. The average Bonchev–Trinajstić information content (AvgIpc) is 2.85. The molecule has 2 rings (SSSR count). The molecule has 0 fully saturated rings. The number of carbonyl (C=O) groups excluding carboxylic acids is 1. The summed E-state index contributed by atoms with van der Waals surface area (Å²) in [6.45, 7) is 0.00212. The Labute approximate surface area is 126 Å². The molecule has 0 radical (unpaired) electrons. The van der Waals surface area contributed by atoms with E-state index >= 15 is 0 Å². The summed E-state index contributed by atoms with van der Waals surface area (Å²) in [7, 11) is 0. The third-order valence-corrected chi connectivity index (χ3v) is 3.30. The highest BCUT2D eigenvalue weighted by Crippen LogP contribution is 2.39. The van der Waals surface area contributed by atoms with Crippen LogP contribution in [0.1, 0.15) is 16.8 Å². The van der Waals surface area contributed by atoms with Gasteiger partial charge in [0.2, 0.25) is 13.2 Å². The number of ether oxygens (including phenoxy) is 2. The lowest BCUT2D eigenvalue weighted by atomic mass is 10.1. The topological polar surface area (TPSA) is 84.9 Å². The van der Waals surface area contributed by atoms with Crippen LogP contribution >= 0.6 is 15.9 Å². The zero-order valence-corrected chi connectivity index (χ0v) is 12.0. The number of carboxylic acids is 1. The predicted molar refractivity (Wildman–Crippen MR) is 69.8 cm³/mol. The Morgan fingerprint density at radius 1 is 1.38 bits per heavy atom. The molecule has 1 atom stereocenters. The van der Waals surface area contributed by atoms with Crippen molar-refractivity contribution in [3.05, 3.63) is 22.2 Å². The predicted octanol–water partition coefficient (Wildman–Crippen LogP) is 2.02. The highest BCUT2D eigenvalue weighted by Gasteiger charge is 2.26. The first-order chi connectivity index (χ1) is 9.88. The second-order valence-corrected chi connectivity index (χ2v) is 5.04. The van der Waals surface area contributed by atoms with E-state index in [4.69, 9.17) is 14.6 Å². The number of hydrogen-bond donors (Lipinski definition) is 2. The smallest absolute Gasteiger partial charge is 0.326 e. The number of hydrogen-bond acceptors (Lipinski definition) is 4. The van der Waals surface area contributed by atoms with E-state index in [1.807, 2.05) is 5.32 Å². The van der Waals surface area contributed by atoms with Crippen LogP contribution in [0.4, 0.5) is 8.78 Å². The van der Waals surface area contributed by atoms with E-state index < -0.39 is 30.8 Å². The monoisotopic (exact) mass is 365 g/mol. The molecule has 1 aromatic carbocycles. The van der Waals surface area contributed by atoms with Gasteiger partial charge < -0.3 is 19.9 Å². The maximum Gasteiger partial charge on any atom is 0.326 e. The maximum absolute atomic E-state index is 12.3. The fourth-order valence-corrected chi connectivity index (χ4v) is 2.30. The molecule has 1 unspecified atom stereocenters. The number of rotatable bonds is 5. The van der Waals surface area contributed by atoms with Gasteiger partial charge in [-0.05, 0) is 28.1 Å². The van der Waals surface area contributed by atoms with Crippen molar-refractivity contribution in [3.8, 4) is 11.5 Å². The molecule has 6 nitrogen and oxygen atoms in total.